The topological polar surface area (TPSA) is 55.5 Å². The largest absolute Gasteiger partial charge is 0.471 e. The third-order valence-corrected chi connectivity index (χ3v) is 0.693. The Labute approximate surface area is 43.6 Å². The maximum Gasteiger partial charge on any atom is 0.471 e. The van der Waals surface area contributed by atoms with Gasteiger partial charge in [-0.2, -0.15) is 0 Å². The number of nitrogens with two attached hydrogens (primary N) is 1. The van der Waals surface area contributed by atoms with Crippen LogP contribution in [0.4, 0.5) is 0 Å². The summed E-state index contributed by atoms with van der Waals surface area (Å²) >= 11 is 0. The predicted octanol–water partition coefficient (Wildman–Crippen LogP) is -0.233. The quantitative estimate of drug-likeness (QED) is 0.383. The number of rotatable bonds is 3. The summed E-state index contributed by atoms with van der Waals surface area (Å²) < 4.78 is 4.05. The minimum Gasteiger partial charge on any atom is -0.426 e. The molecule has 0 unspecified atom stereocenters. The van der Waals surface area contributed by atoms with Crippen LogP contribution in [0.3, 0.4) is 0 Å². The third-order valence-electron chi connectivity index (χ3n) is 0.693. The number of hydrogen-bond acceptors (Lipinski definition) is 3. The van der Waals surface area contributed by atoms with Gasteiger partial charge in [0.25, 0.3) is 0 Å². The van der Waals surface area contributed by atoms with Crippen LogP contribution >= 0.6 is 0 Å². The van der Waals surface area contributed by atoms with E-state index >= 15 is 0 Å². The second-order valence-electron chi connectivity index (χ2n) is 1.38. The standard InChI is InChI=1S/C3H10BNO2/c1-2-3-4(6)7-5/h6H,2-3,5H2,1H3. The van der Waals surface area contributed by atoms with Gasteiger partial charge in [-0.05, 0) is 6.32 Å². The van der Waals surface area contributed by atoms with E-state index in [1.807, 2.05) is 6.92 Å². The average Bonchev–Trinajstić information content (AvgIpc) is 1.68. The molecule has 42 valence electrons. The Morgan fingerprint density at radius 2 is 2.43 bits per heavy atom. The molecule has 0 aromatic carbocycles. The van der Waals surface area contributed by atoms with Gasteiger partial charge in [0.05, 0.1) is 0 Å². The summed E-state index contributed by atoms with van der Waals surface area (Å²) in [7, 11) is -0.773. The molecule has 0 amide bonds. The normalized spacial score (nSPS) is 9.00. The monoisotopic (exact) mass is 103 g/mol. The van der Waals surface area contributed by atoms with Crippen LogP contribution in [0.25, 0.3) is 0 Å². The maximum absolute atomic E-state index is 8.51. The highest BCUT2D eigenvalue weighted by molar-refractivity contribution is 6.42. The van der Waals surface area contributed by atoms with E-state index in [0.29, 0.717) is 6.32 Å². The zero-order valence-corrected chi connectivity index (χ0v) is 4.42. The number of hydrogen-bond donors (Lipinski definition) is 2. The van der Waals surface area contributed by atoms with Gasteiger partial charge in [-0.3, -0.25) is 0 Å². The molecular weight excluding hydrogens is 92.9 g/mol. The molecule has 0 aliphatic carbocycles. The summed E-state index contributed by atoms with van der Waals surface area (Å²) in [5, 5.41) is 8.51. The minimum absolute atomic E-state index is 0.608. The SMILES string of the molecule is CCCB(O)ON. The zero-order valence-electron chi connectivity index (χ0n) is 4.42. The van der Waals surface area contributed by atoms with Crippen LogP contribution in [0, 0.1) is 0 Å². The van der Waals surface area contributed by atoms with E-state index < -0.39 is 7.12 Å². The molecule has 0 saturated carbocycles. The smallest absolute Gasteiger partial charge is 0.426 e. The summed E-state index contributed by atoms with van der Waals surface area (Å²) in [4.78, 5) is 0. The van der Waals surface area contributed by atoms with Crippen molar-refractivity contribution < 1.29 is 9.78 Å². The lowest BCUT2D eigenvalue weighted by Gasteiger charge is -1.96. The van der Waals surface area contributed by atoms with E-state index in [2.05, 4.69) is 10.7 Å². The molecule has 0 rings (SSSR count). The molecule has 0 heterocycles. The molecular formula is C3H10BNO2. The van der Waals surface area contributed by atoms with Crippen LogP contribution in [0.15, 0.2) is 0 Å². The highest BCUT2D eigenvalue weighted by Crippen LogP contribution is 1.90. The molecule has 0 aliphatic heterocycles. The van der Waals surface area contributed by atoms with Crippen LogP contribution in [0.2, 0.25) is 6.32 Å². The lowest BCUT2D eigenvalue weighted by Crippen LogP contribution is -2.20. The van der Waals surface area contributed by atoms with Crippen LogP contribution in [0.5, 0.6) is 0 Å². The van der Waals surface area contributed by atoms with Crippen LogP contribution in [0.1, 0.15) is 13.3 Å². The van der Waals surface area contributed by atoms with Crippen molar-refractivity contribution in [2.75, 3.05) is 0 Å². The lowest BCUT2D eigenvalue weighted by atomic mass is 9.85. The van der Waals surface area contributed by atoms with E-state index in [1.54, 1.807) is 0 Å². The molecule has 0 aromatic rings. The van der Waals surface area contributed by atoms with E-state index in [1.165, 1.54) is 0 Å². The molecule has 3 N–H and O–H groups in total. The lowest BCUT2D eigenvalue weighted by molar-refractivity contribution is 0.268. The highest BCUT2D eigenvalue weighted by Gasteiger charge is 2.07. The Balaban J connectivity index is 2.83. The van der Waals surface area contributed by atoms with Gasteiger partial charge in [-0.15, -0.1) is 0 Å². The summed E-state index contributed by atoms with van der Waals surface area (Å²) in [6.45, 7) is 1.95. The Hall–Kier alpha value is -0.0551. The fourth-order valence-electron chi connectivity index (χ4n) is 0.315. The second kappa shape index (κ2) is 4.11. The summed E-state index contributed by atoms with van der Waals surface area (Å²) in [5.74, 6) is 4.61. The maximum atomic E-state index is 8.51. The van der Waals surface area contributed by atoms with Gasteiger partial charge < -0.3 is 9.78 Å². The average molecular weight is 103 g/mol. The molecule has 0 bridgehead atoms. The molecule has 0 saturated heterocycles. The van der Waals surface area contributed by atoms with E-state index in [-0.39, 0.29) is 0 Å². The third kappa shape index (κ3) is 3.78. The van der Waals surface area contributed by atoms with Crippen LogP contribution < -0.4 is 5.90 Å². The van der Waals surface area contributed by atoms with Crippen molar-refractivity contribution in [3.05, 3.63) is 0 Å². The van der Waals surface area contributed by atoms with Crippen molar-refractivity contribution in [3.63, 3.8) is 0 Å². The summed E-state index contributed by atoms with van der Waals surface area (Å²) in [5.41, 5.74) is 0. The van der Waals surface area contributed by atoms with Gasteiger partial charge in [0, 0.05) is 0 Å². The Kier molecular flexibility index (Phi) is 4.08. The molecule has 4 heteroatoms. The first-order chi connectivity index (χ1) is 3.31. The fraction of sp³-hybridized carbons (Fsp3) is 1.00. The zero-order chi connectivity index (χ0) is 5.70. The van der Waals surface area contributed by atoms with Gasteiger partial charge >= 0.3 is 7.12 Å². The Morgan fingerprint density at radius 3 is 2.57 bits per heavy atom. The van der Waals surface area contributed by atoms with Gasteiger partial charge in [-0.1, -0.05) is 13.3 Å². The molecule has 0 atom stereocenters. The fourth-order valence-corrected chi connectivity index (χ4v) is 0.315. The molecule has 7 heavy (non-hydrogen) atoms. The summed E-state index contributed by atoms with van der Waals surface area (Å²) in [6.07, 6.45) is 1.49. The van der Waals surface area contributed by atoms with Gasteiger partial charge in [0.1, 0.15) is 0 Å². The van der Waals surface area contributed by atoms with Crippen molar-refractivity contribution in [1.82, 2.24) is 0 Å². The van der Waals surface area contributed by atoms with Crippen molar-refractivity contribution in [3.8, 4) is 0 Å². The predicted molar refractivity (Wildman–Crippen MR) is 28.3 cm³/mol. The van der Waals surface area contributed by atoms with Crippen molar-refractivity contribution in [2.24, 2.45) is 5.90 Å². The van der Waals surface area contributed by atoms with Crippen LogP contribution in [-0.2, 0) is 4.76 Å². The minimum atomic E-state index is -0.773. The first-order valence-electron chi connectivity index (χ1n) is 2.34. The van der Waals surface area contributed by atoms with Gasteiger partial charge in [-0.25, -0.2) is 5.90 Å². The summed E-state index contributed by atoms with van der Waals surface area (Å²) in [6, 6.07) is 0. The van der Waals surface area contributed by atoms with E-state index in [0.717, 1.165) is 6.42 Å². The molecule has 3 nitrogen and oxygen atoms in total. The Bertz CT molecular complexity index is 43.9. The Morgan fingerprint density at radius 1 is 1.86 bits per heavy atom. The molecule has 0 radical (unpaired) electrons. The van der Waals surface area contributed by atoms with Crippen LogP contribution in [-0.4, -0.2) is 12.1 Å². The van der Waals surface area contributed by atoms with Crippen molar-refractivity contribution in [1.29, 1.82) is 0 Å². The molecule has 0 aromatic heterocycles. The van der Waals surface area contributed by atoms with Crippen molar-refractivity contribution >= 4 is 7.12 Å². The molecule has 0 aliphatic rings. The molecule has 0 fully saturated rings. The van der Waals surface area contributed by atoms with Gasteiger partial charge in [0.15, 0.2) is 0 Å². The first kappa shape index (κ1) is 6.94. The second-order valence-corrected chi connectivity index (χ2v) is 1.38. The highest BCUT2D eigenvalue weighted by atomic mass is 16.6. The van der Waals surface area contributed by atoms with Gasteiger partial charge in [0.2, 0.25) is 0 Å². The van der Waals surface area contributed by atoms with E-state index in [9.17, 15) is 0 Å². The molecule has 0 spiro atoms. The van der Waals surface area contributed by atoms with E-state index in [4.69, 9.17) is 5.02 Å². The van der Waals surface area contributed by atoms with Crippen molar-refractivity contribution in [2.45, 2.75) is 19.7 Å². The first-order valence-corrected chi connectivity index (χ1v) is 2.34.